The highest BCUT2D eigenvalue weighted by Gasteiger charge is 2.37. The van der Waals surface area contributed by atoms with Gasteiger partial charge >= 0.3 is 6.18 Å². The summed E-state index contributed by atoms with van der Waals surface area (Å²) in [5.74, 6) is 0.645. The Morgan fingerprint density at radius 3 is 2.10 bits per heavy atom. The molecule has 164 valence electrons. The summed E-state index contributed by atoms with van der Waals surface area (Å²) in [4.78, 5) is 11.3. The van der Waals surface area contributed by atoms with E-state index in [0.29, 0.717) is 12.3 Å². The molecule has 0 spiro atoms. The molecule has 31 heavy (non-hydrogen) atoms. The van der Waals surface area contributed by atoms with E-state index >= 15 is 0 Å². The minimum atomic E-state index is -4.59. The summed E-state index contributed by atoms with van der Waals surface area (Å²) in [5, 5.41) is 0. The highest BCUT2D eigenvalue weighted by atomic mass is 79.9. The van der Waals surface area contributed by atoms with Gasteiger partial charge in [-0.1, -0.05) is 22.9 Å². The van der Waals surface area contributed by atoms with Gasteiger partial charge in [0, 0.05) is 36.1 Å². The molecule has 1 heterocycles. The molecule has 0 bridgehead atoms. The molecule has 9 heteroatoms. The molecule has 0 fully saturated rings. The first-order valence-corrected chi connectivity index (χ1v) is 10.4. The highest BCUT2D eigenvalue weighted by Crippen LogP contribution is 2.38. The lowest BCUT2D eigenvalue weighted by Crippen LogP contribution is -2.21. The largest absolute Gasteiger partial charge is 0.494 e. The molecule has 3 aromatic rings. The lowest BCUT2D eigenvalue weighted by Gasteiger charge is -2.25. The zero-order chi connectivity index (χ0) is 22.6. The molecule has 0 aliphatic carbocycles. The van der Waals surface area contributed by atoms with Crippen LogP contribution in [0, 0.1) is 0 Å². The molecule has 0 aliphatic heterocycles. The van der Waals surface area contributed by atoms with E-state index in [4.69, 9.17) is 4.74 Å². The number of ether oxygens (including phenoxy) is 1. The average Bonchev–Trinajstić information content (AvgIpc) is 2.76. The van der Waals surface area contributed by atoms with Crippen molar-refractivity contribution < 1.29 is 17.9 Å². The monoisotopic (exact) mass is 494 g/mol. The van der Waals surface area contributed by atoms with Crippen molar-refractivity contribution in [3.8, 4) is 5.75 Å². The third kappa shape index (κ3) is 5.46. The lowest BCUT2D eigenvalue weighted by molar-refractivity contribution is -0.137. The lowest BCUT2D eigenvalue weighted by atomic mass is 10.2. The molecule has 0 atom stereocenters. The minimum Gasteiger partial charge on any atom is -0.494 e. The van der Waals surface area contributed by atoms with Crippen molar-refractivity contribution in [1.29, 1.82) is 0 Å². The van der Waals surface area contributed by atoms with Crippen LogP contribution >= 0.6 is 15.9 Å². The zero-order valence-corrected chi connectivity index (χ0v) is 18.9. The number of aromatic nitrogens is 2. The number of anilines is 4. The van der Waals surface area contributed by atoms with Gasteiger partial charge < -0.3 is 14.5 Å². The van der Waals surface area contributed by atoms with Crippen molar-refractivity contribution >= 4 is 39.1 Å². The van der Waals surface area contributed by atoms with E-state index < -0.39 is 11.7 Å². The van der Waals surface area contributed by atoms with Crippen LogP contribution in [-0.2, 0) is 6.18 Å². The van der Waals surface area contributed by atoms with Crippen molar-refractivity contribution in [3.05, 3.63) is 64.8 Å². The Kier molecular flexibility index (Phi) is 7.04. The molecule has 3 rings (SSSR count). The number of hydrogen-bond acceptors (Lipinski definition) is 5. The predicted octanol–water partition coefficient (Wildman–Crippen LogP) is 6.58. The molecule has 0 saturated heterocycles. The first kappa shape index (κ1) is 22.9. The Morgan fingerprint density at radius 2 is 1.52 bits per heavy atom. The zero-order valence-electron chi connectivity index (χ0n) is 17.3. The normalized spacial score (nSPS) is 11.3. The van der Waals surface area contributed by atoms with Crippen LogP contribution in [0.4, 0.5) is 36.3 Å². The summed E-state index contributed by atoms with van der Waals surface area (Å²) in [7, 11) is 3.25. The van der Waals surface area contributed by atoms with Crippen molar-refractivity contribution in [1.82, 2.24) is 9.97 Å². The first-order chi connectivity index (χ1) is 14.7. The Hall–Kier alpha value is -2.81. The van der Waals surface area contributed by atoms with Crippen LogP contribution in [0.15, 0.2) is 59.2 Å². The summed E-state index contributed by atoms with van der Waals surface area (Å²) in [6.45, 7) is 2.63. The maximum absolute atomic E-state index is 13.6. The van der Waals surface area contributed by atoms with Gasteiger partial charge in [-0.15, -0.1) is 0 Å². The number of rotatable bonds is 7. The van der Waals surface area contributed by atoms with E-state index in [0.717, 1.165) is 28.5 Å². The van der Waals surface area contributed by atoms with Crippen LogP contribution in [0.25, 0.3) is 0 Å². The summed E-state index contributed by atoms with van der Waals surface area (Å²) < 4.78 is 47.3. The van der Waals surface area contributed by atoms with E-state index in [-0.39, 0.29) is 11.8 Å². The van der Waals surface area contributed by atoms with Gasteiger partial charge in [-0.2, -0.15) is 18.2 Å². The fraction of sp³-hybridized carbons (Fsp3) is 0.273. The molecule has 0 amide bonds. The molecule has 0 unspecified atom stereocenters. The second-order valence-corrected chi connectivity index (χ2v) is 7.76. The third-order valence-corrected chi connectivity index (χ3v) is 5.12. The molecule has 0 N–H and O–H groups in total. The SMILES string of the molecule is CCCOc1ccc(N(C)c2ncc(C(F)(F)F)c(N(C)c3ccc(Br)cc3)n2)cc1. The smallest absolute Gasteiger partial charge is 0.421 e. The standard InChI is InChI=1S/C22H22BrF3N4O/c1-4-13-31-18-11-9-17(10-12-18)30(3)21-27-14-19(22(24,25)26)20(28-21)29(2)16-7-5-15(23)6-8-16/h5-12,14H,4,13H2,1-3H3. The van der Waals surface area contributed by atoms with E-state index in [1.807, 2.05) is 19.1 Å². The summed E-state index contributed by atoms with van der Waals surface area (Å²) in [6, 6.07) is 14.2. The van der Waals surface area contributed by atoms with Gasteiger partial charge in [-0.25, -0.2) is 4.98 Å². The first-order valence-electron chi connectivity index (χ1n) is 9.61. The van der Waals surface area contributed by atoms with Crippen LogP contribution in [0.1, 0.15) is 18.9 Å². The summed E-state index contributed by atoms with van der Waals surface area (Å²) in [6.07, 6.45) is -2.87. The second kappa shape index (κ2) is 9.55. The second-order valence-electron chi connectivity index (χ2n) is 6.84. The van der Waals surface area contributed by atoms with E-state index in [9.17, 15) is 13.2 Å². The van der Waals surface area contributed by atoms with Gasteiger partial charge in [-0.05, 0) is 55.0 Å². The fourth-order valence-electron chi connectivity index (χ4n) is 2.87. The number of alkyl halides is 3. The van der Waals surface area contributed by atoms with E-state index in [1.54, 1.807) is 55.4 Å². The number of nitrogens with zero attached hydrogens (tertiary/aromatic N) is 4. The predicted molar refractivity (Wildman–Crippen MR) is 120 cm³/mol. The van der Waals surface area contributed by atoms with Gasteiger partial charge in [0.2, 0.25) is 5.95 Å². The minimum absolute atomic E-state index is 0.147. The molecular weight excluding hydrogens is 473 g/mol. The van der Waals surface area contributed by atoms with Crippen LogP contribution in [-0.4, -0.2) is 30.7 Å². The van der Waals surface area contributed by atoms with Crippen LogP contribution in [0.2, 0.25) is 0 Å². The van der Waals surface area contributed by atoms with Gasteiger partial charge in [-0.3, -0.25) is 0 Å². The Labute approximate surface area is 187 Å². The molecule has 0 saturated carbocycles. The fourth-order valence-corrected chi connectivity index (χ4v) is 3.13. The Morgan fingerprint density at radius 1 is 0.935 bits per heavy atom. The molecule has 2 aromatic carbocycles. The van der Waals surface area contributed by atoms with E-state index in [2.05, 4.69) is 25.9 Å². The Balaban J connectivity index is 1.96. The van der Waals surface area contributed by atoms with Gasteiger partial charge in [0.1, 0.15) is 11.3 Å². The van der Waals surface area contributed by atoms with Crippen molar-refractivity contribution in [2.24, 2.45) is 0 Å². The maximum Gasteiger partial charge on any atom is 0.421 e. The van der Waals surface area contributed by atoms with Crippen molar-refractivity contribution in [2.45, 2.75) is 19.5 Å². The van der Waals surface area contributed by atoms with E-state index in [1.165, 1.54) is 4.90 Å². The van der Waals surface area contributed by atoms with Crippen molar-refractivity contribution in [3.63, 3.8) is 0 Å². The third-order valence-electron chi connectivity index (χ3n) is 4.59. The van der Waals surface area contributed by atoms with Gasteiger partial charge in [0.05, 0.1) is 6.61 Å². The van der Waals surface area contributed by atoms with Crippen molar-refractivity contribution in [2.75, 3.05) is 30.5 Å². The molecule has 0 aliphatic rings. The number of hydrogen-bond donors (Lipinski definition) is 0. The number of halogens is 4. The van der Waals surface area contributed by atoms with Crippen LogP contribution < -0.4 is 14.5 Å². The molecule has 5 nitrogen and oxygen atoms in total. The average molecular weight is 495 g/mol. The summed E-state index contributed by atoms with van der Waals surface area (Å²) >= 11 is 3.33. The molecular formula is C22H22BrF3N4O. The highest BCUT2D eigenvalue weighted by molar-refractivity contribution is 9.10. The van der Waals surface area contributed by atoms with Gasteiger partial charge in [0.25, 0.3) is 0 Å². The number of benzene rings is 2. The maximum atomic E-state index is 13.6. The molecule has 0 radical (unpaired) electrons. The van der Waals surface area contributed by atoms with Crippen LogP contribution in [0.3, 0.4) is 0 Å². The molecule has 1 aromatic heterocycles. The van der Waals surface area contributed by atoms with Gasteiger partial charge in [0.15, 0.2) is 5.82 Å². The summed E-state index contributed by atoms with van der Waals surface area (Å²) in [5.41, 5.74) is 0.387. The van der Waals surface area contributed by atoms with Crippen LogP contribution in [0.5, 0.6) is 5.75 Å². The quantitative estimate of drug-likeness (QED) is 0.370. The Bertz CT molecular complexity index is 1010. The topological polar surface area (TPSA) is 41.5 Å².